The zero-order valence-electron chi connectivity index (χ0n) is 9.68. The molecule has 1 aliphatic rings. The molecular weight excluding hydrogens is 238 g/mol. The van der Waals surface area contributed by atoms with Crippen molar-refractivity contribution in [3.63, 3.8) is 0 Å². The van der Waals surface area contributed by atoms with Gasteiger partial charge in [-0.05, 0) is 18.4 Å². The second-order valence-electron chi connectivity index (χ2n) is 3.76. The summed E-state index contributed by atoms with van der Waals surface area (Å²) in [6, 6.07) is 5.62. The normalized spacial score (nSPS) is 15.9. The third kappa shape index (κ3) is 2.56. The quantitative estimate of drug-likeness (QED) is 0.834. The maximum Gasteiger partial charge on any atom is 0.338 e. The van der Waals surface area contributed by atoms with Gasteiger partial charge in [-0.3, -0.25) is 0 Å². The van der Waals surface area contributed by atoms with E-state index in [-0.39, 0.29) is 0 Å². The van der Waals surface area contributed by atoms with Gasteiger partial charge in [-0.2, -0.15) is 0 Å². The fourth-order valence-corrected chi connectivity index (χ4v) is 2.58. The van der Waals surface area contributed by atoms with Crippen LogP contribution in [0.4, 0.5) is 5.69 Å². The van der Waals surface area contributed by atoms with E-state index in [1.54, 1.807) is 0 Å². The van der Waals surface area contributed by atoms with Crippen LogP contribution < -0.4 is 4.90 Å². The highest BCUT2D eigenvalue weighted by Crippen LogP contribution is 2.30. The lowest BCUT2D eigenvalue weighted by Gasteiger charge is -2.30. The van der Waals surface area contributed by atoms with Crippen LogP contribution in [0.25, 0.3) is 0 Å². The first kappa shape index (κ1) is 12.3. The Kier molecular flexibility index (Phi) is 3.91. The number of rotatable bonds is 3. The Labute approximate surface area is 105 Å². The highest BCUT2D eigenvalue weighted by molar-refractivity contribution is 7.98. The minimum absolute atomic E-state index is 0.405. The Hall–Kier alpha value is -1.20. The Balaban J connectivity index is 2.40. The maximum absolute atomic E-state index is 11.4. The number of nitrogens with zero attached hydrogens (tertiary/aromatic N) is 1. The molecule has 92 valence electrons. The zero-order valence-corrected chi connectivity index (χ0v) is 10.5. The number of carboxylic acid groups (broad SMARTS) is 1. The predicted molar refractivity (Wildman–Crippen MR) is 68.2 cm³/mol. The Morgan fingerprint density at radius 1 is 1.41 bits per heavy atom. The molecule has 0 radical (unpaired) electrons. The number of thioether (sulfide) groups is 1. The summed E-state index contributed by atoms with van der Waals surface area (Å²) < 4.78 is 5.28. The molecule has 0 spiro atoms. The number of aromatic carboxylic acids is 1. The fraction of sp³-hybridized carbons (Fsp3) is 0.417. The third-order valence-electron chi connectivity index (χ3n) is 2.79. The summed E-state index contributed by atoms with van der Waals surface area (Å²) in [4.78, 5) is 14.3. The van der Waals surface area contributed by atoms with Crippen LogP contribution in [-0.2, 0) is 4.74 Å². The van der Waals surface area contributed by atoms with Crippen LogP contribution in [0.15, 0.2) is 23.1 Å². The molecule has 0 atom stereocenters. The van der Waals surface area contributed by atoms with E-state index in [1.165, 1.54) is 11.8 Å². The minimum Gasteiger partial charge on any atom is -0.478 e. The van der Waals surface area contributed by atoms with Gasteiger partial charge in [-0.25, -0.2) is 4.79 Å². The summed E-state index contributed by atoms with van der Waals surface area (Å²) in [5.74, 6) is -0.864. The van der Waals surface area contributed by atoms with Gasteiger partial charge in [0.2, 0.25) is 0 Å². The summed E-state index contributed by atoms with van der Waals surface area (Å²) in [6.45, 7) is 2.81. The number of ether oxygens (including phenoxy) is 1. The van der Waals surface area contributed by atoms with Crippen LogP contribution in [0.2, 0.25) is 0 Å². The monoisotopic (exact) mass is 253 g/mol. The summed E-state index contributed by atoms with van der Waals surface area (Å²) in [5, 5.41) is 9.34. The van der Waals surface area contributed by atoms with E-state index in [0.29, 0.717) is 18.8 Å². The van der Waals surface area contributed by atoms with Crippen molar-refractivity contribution in [2.45, 2.75) is 4.90 Å². The minimum atomic E-state index is -0.864. The van der Waals surface area contributed by atoms with Crippen molar-refractivity contribution in [2.75, 3.05) is 37.5 Å². The Morgan fingerprint density at radius 3 is 2.71 bits per heavy atom. The van der Waals surface area contributed by atoms with Gasteiger partial charge in [0.05, 0.1) is 24.5 Å². The van der Waals surface area contributed by atoms with Gasteiger partial charge >= 0.3 is 5.97 Å². The number of carboxylic acids is 1. The van der Waals surface area contributed by atoms with Crippen molar-refractivity contribution in [2.24, 2.45) is 0 Å². The first-order valence-corrected chi connectivity index (χ1v) is 6.69. The molecule has 0 aliphatic carbocycles. The van der Waals surface area contributed by atoms with Gasteiger partial charge in [0.25, 0.3) is 0 Å². The SMILES string of the molecule is CSc1cccc(N2CCOCC2)c1C(=O)O. The standard InChI is InChI=1S/C12H15NO3S/c1-17-10-4-2-3-9(11(10)12(14)15)13-5-7-16-8-6-13/h2-4H,5-8H2,1H3,(H,14,15). The molecule has 0 unspecified atom stereocenters. The molecule has 5 heteroatoms. The molecule has 17 heavy (non-hydrogen) atoms. The van der Waals surface area contributed by atoms with E-state index >= 15 is 0 Å². The molecule has 4 nitrogen and oxygen atoms in total. The number of benzene rings is 1. The third-order valence-corrected chi connectivity index (χ3v) is 3.57. The highest BCUT2D eigenvalue weighted by atomic mass is 32.2. The number of morpholine rings is 1. The molecule has 0 bridgehead atoms. The van der Waals surface area contributed by atoms with Crippen LogP contribution >= 0.6 is 11.8 Å². The first-order valence-electron chi connectivity index (χ1n) is 5.47. The average molecular weight is 253 g/mol. The van der Waals surface area contributed by atoms with Crippen molar-refractivity contribution in [3.05, 3.63) is 23.8 Å². The molecule has 0 aromatic heterocycles. The van der Waals surface area contributed by atoms with Gasteiger partial charge in [0.15, 0.2) is 0 Å². The van der Waals surface area contributed by atoms with E-state index in [1.807, 2.05) is 24.5 Å². The van der Waals surface area contributed by atoms with Gasteiger partial charge in [-0.1, -0.05) is 6.07 Å². The summed E-state index contributed by atoms with van der Waals surface area (Å²) in [5.41, 5.74) is 1.20. The maximum atomic E-state index is 11.4. The van der Waals surface area contributed by atoms with E-state index < -0.39 is 5.97 Å². The predicted octanol–water partition coefficient (Wildman–Crippen LogP) is 1.94. The molecule has 1 fully saturated rings. The van der Waals surface area contributed by atoms with Crippen molar-refractivity contribution in [3.8, 4) is 0 Å². The van der Waals surface area contributed by atoms with Crippen molar-refractivity contribution >= 4 is 23.4 Å². The lowest BCUT2D eigenvalue weighted by molar-refractivity contribution is 0.0692. The van der Waals surface area contributed by atoms with Crippen LogP contribution in [0.1, 0.15) is 10.4 Å². The Bertz CT molecular complexity index is 416. The summed E-state index contributed by atoms with van der Waals surface area (Å²) in [7, 11) is 0. The molecule has 0 saturated carbocycles. The topological polar surface area (TPSA) is 49.8 Å². The molecule has 1 heterocycles. The van der Waals surface area contributed by atoms with E-state index in [4.69, 9.17) is 4.74 Å². The lowest BCUT2D eigenvalue weighted by atomic mass is 10.1. The van der Waals surface area contributed by atoms with E-state index in [2.05, 4.69) is 4.90 Å². The molecule has 1 aromatic carbocycles. The van der Waals surface area contributed by atoms with Gasteiger partial charge in [0, 0.05) is 18.0 Å². The molecule has 0 amide bonds. The highest BCUT2D eigenvalue weighted by Gasteiger charge is 2.20. The zero-order chi connectivity index (χ0) is 12.3. The van der Waals surface area contributed by atoms with Crippen molar-refractivity contribution in [1.29, 1.82) is 0 Å². The molecular formula is C12H15NO3S. The summed E-state index contributed by atoms with van der Waals surface area (Å²) >= 11 is 1.46. The van der Waals surface area contributed by atoms with Gasteiger partial charge in [-0.15, -0.1) is 11.8 Å². The second-order valence-corrected chi connectivity index (χ2v) is 4.61. The lowest BCUT2D eigenvalue weighted by Crippen LogP contribution is -2.37. The van der Waals surface area contributed by atoms with E-state index in [9.17, 15) is 9.90 Å². The van der Waals surface area contributed by atoms with Crippen LogP contribution in [0, 0.1) is 0 Å². The van der Waals surface area contributed by atoms with Gasteiger partial charge in [0.1, 0.15) is 0 Å². The molecule has 1 saturated heterocycles. The van der Waals surface area contributed by atoms with Crippen molar-refractivity contribution < 1.29 is 14.6 Å². The number of hydrogen-bond donors (Lipinski definition) is 1. The van der Waals surface area contributed by atoms with E-state index in [0.717, 1.165) is 23.7 Å². The molecule has 2 rings (SSSR count). The number of hydrogen-bond acceptors (Lipinski definition) is 4. The fourth-order valence-electron chi connectivity index (χ4n) is 1.97. The molecule has 1 N–H and O–H groups in total. The Morgan fingerprint density at radius 2 is 2.12 bits per heavy atom. The second kappa shape index (κ2) is 5.42. The van der Waals surface area contributed by atoms with Crippen LogP contribution in [0.5, 0.6) is 0 Å². The largest absolute Gasteiger partial charge is 0.478 e. The number of carbonyl (C=O) groups is 1. The first-order chi connectivity index (χ1) is 8.24. The van der Waals surface area contributed by atoms with Gasteiger partial charge < -0.3 is 14.7 Å². The molecule has 1 aliphatic heterocycles. The summed E-state index contributed by atoms with van der Waals surface area (Å²) in [6.07, 6.45) is 1.89. The van der Waals surface area contributed by atoms with Crippen LogP contribution in [0.3, 0.4) is 0 Å². The average Bonchev–Trinajstić information content (AvgIpc) is 2.38. The van der Waals surface area contributed by atoms with Crippen LogP contribution in [-0.4, -0.2) is 43.6 Å². The molecule has 1 aromatic rings. The smallest absolute Gasteiger partial charge is 0.338 e. The number of anilines is 1. The van der Waals surface area contributed by atoms with Crippen molar-refractivity contribution in [1.82, 2.24) is 0 Å².